The van der Waals surface area contributed by atoms with Crippen molar-refractivity contribution in [3.8, 4) is 34.6 Å². The van der Waals surface area contributed by atoms with Crippen LogP contribution >= 0.6 is 0 Å². The zero-order chi connectivity index (χ0) is 26.8. The molecule has 2 saturated carbocycles. The first kappa shape index (κ1) is 24.4. The molecule has 4 heteroatoms. The summed E-state index contributed by atoms with van der Waals surface area (Å²) >= 11 is 0. The average molecular weight is 518 g/mol. The maximum absolute atomic E-state index is 12.3. The predicted molar refractivity (Wildman–Crippen MR) is 155 cm³/mol. The Balaban J connectivity index is 1.28. The van der Waals surface area contributed by atoms with Crippen LogP contribution in [0.3, 0.4) is 0 Å². The van der Waals surface area contributed by atoms with Gasteiger partial charge >= 0.3 is 0 Å². The fraction of sp³-hybridized carbons (Fsp3) is 0.371. The van der Waals surface area contributed by atoms with Gasteiger partial charge in [0.1, 0.15) is 17.1 Å². The van der Waals surface area contributed by atoms with Gasteiger partial charge in [-0.1, -0.05) is 55.2 Å². The molecule has 1 aromatic heterocycles. The second-order valence-corrected chi connectivity index (χ2v) is 12.0. The molecule has 0 spiro atoms. The number of aliphatic hydroxyl groups is 1. The number of aromatic amines is 1. The van der Waals surface area contributed by atoms with Crippen LogP contribution in [0.5, 0.6) is 11.5 Å². The van der Waals surface area contributed by atoms with Crippen molar-refractivity contribution in [3.63, 3.8) is 0 Å². The van der Waals surface area contributed by atoms with Crippen LogP contribution < -0.4 is 4.74 Å². The molecule has 0 amide bonds. The van der Waals surface area contributed by atoms with Crippen LogP contribution in [0.25, 0.3) is 22.2 Å². The first-order valence-electron chi connectivity index (χ1n) is 14.2. The van der Waals surface area contributed by atoms with E-state index in [0.29, 0.717) is 29.9 Å². The molecule has 4 aromatic rings. The summed E-state index contributed by atoms with van der Waals surface area (Å²) in [6.45, 7) is 2.29. The lowest BCUT2D eigenvalue weighted by molar-refractivity contribution is -0.0647. The molecule has 0 radical (unpaired) electrons. The van der Waals surface area contributed by atoms with Gasteiger partial charge in [-0.05, 0) is 97.7 Å². The van der Waals surface area contributed by atoms with Gasteiger partial charge in [0.15, 0.2) is 0 Å². The van der Waals surface area contributed by atoms with Gasteiger partial charge < -0.3 is 19.9 Å². The van der Waals surface area contributed by atoms with E-state index in [1.165, 1.54) is 11.1 Å². The minimum absolute atomic E-state index is 0.244. The van der Waals surface area contributed by atoms with Crippen molar-refractivity contribution in [1.29, 1.82) is 0 Å². The van der Waals surface area contributed by atoms with Gasteiger partial charge in [-0.25, -0.2) is 0 Å². The topological polar surface area (TPSA) is 65.5 Å². The number of nitrogens with one attached hydrogen (secondary N) is 1. The highest BCUT2D eigenvalue weighted by Crippen LogP contribution is 2.64. The Morgan fingerprint density at radius 1 is 0.974 bits per heavy atom. The second-order valence-electron chi connectivity index (χ2n) is 12.0. The molecule has 0 aliphatic heterocycles. The number of aromatic hydroxyl groups is 1. The van der Waals surface area contributed by atoms with Crippen molar-refractivity contribution in [2.45, 2.75) is 57.0 Å². The van der Waals surface area contributed by atoms with Crippen LogP contribution in [0.2, 0.25) is 0 Å². The van der Waals surface area contributed by atoms with Gasteiger partial charge in [-0.15, -0.1) is 0 Å². The quantitative estimate of drug-likeness (QED) is 0.247. The summed E-state index contributed by atoms with van der Waals surface area (Å²) < 4.78 is 5.69. The maximum atomic E-state index is 12.3. The minimum Gasteiger partial charge on any atom is -0.508 e. The van der Waals surface area contributed by atoms with E-state index in [1.807, 2.05) is 42.5 Å². The number of hydrogen-bond donors (Lipinski definition) is 3. The number of methoxy groups -OCH3 is 1. The molecule has 0 saturated heterocycles. The minimum atomic E-state index is -1.03. The van der Waals surface area contributed by atoms with Crippen molar-refractivity contribution in [3.05, 3.63) is 83.4 Å². The summed E-state index contributed by atoms with van der Waals surface area (Å²) in [7, 11) is 1.69. The maximum Gasteiger partial charge on any atom is 0.131 e. The lowest BCUT2D eigenvalue weighted by Gasteiger charge is -2.52. The highest BCUT2D eigenvalue weighted by Gasteiger charge is 2.61. The number of phenolic OH excluding ortho intramolecular Hbond substituents is 1. The van der Waals surface area contributed by atoms with Crippen LogP contribution in [0.1, 0.15) is 61.6 Å². The van der Waals surface area contributed by atoms with E-state index in [-0.39, 0.29) is 5.41 Å². The number of hydrogen-bond acceptors (Lipinski definition) is 3. The molecule has 0 bridgehead atoms. The van der Waals surface area contributed by atoms with Crippen molar-refractivity contribution in [2.24, 2.45) is 17.3 Å². The fourth-order valence-electron chi connectivity index (χ4n) is 8.28. The smallest absolute Gasteiger partial charge is 0.131 e. The predicted octanol–water partition coefficient (Wildman–Crippen LogP) is 7.19. The Labute approximate surface area is 230 Å². The Hall–Kier alpha value is -3.68. The van der Waals surface area contributed by atoms with E-state index in [0.717, 1.165) is 65.6 Å². The van der Waals surface area contributed by atoms with Crippen LogP contribution in [0, 0.1) is 29.1 Å². The van der Waals surface area contributed by atoms with Gasteiger partial charge in [0.05, 0.1) is 18.4 Å². The number of benzene rings is 3. The largest absolute Gasteiger partial charge is 0.508 e. The van der Waals surface area contributed by atoms with Crippen molar-refractivity contribution >= 4 is 10.9 Å². The van der Waals surface area contributed by atoms with Crippen molar-refractivity contribution < 1.29 is 14.9 Å². The van der Waals surface area contributed by atoms with Gasteiger partial charge in [-0.3, -0.25) is 0 Å². The zero-order valence-electron chi connectivity index (χ0n) is 22.6. The molecular weight excluding hydrogens is 482 g/mol. The van der Waals surface area contributed by atoms with Crippen molar-refractivity contribution in [1.82, 2.24) is 4.98 Å². The van der Waals surface area contributed by atoms with Gasteiger partial charge in [0, 0.05) is 21.9 Å². The molecule has 39 heavy (non-hydrogen) atoms. The number of para-hydroxylation sites is 2. The lowest BCUT2D eigenvalue weighted by Crippen LogP contribution is -2.50. The summed E-state index contributed by atoms with van der Waals surface area (Å²) in [6.07, 6.45) is 5.84. The standard InChI is InChI=1S/C35H35NO3/c1-34-18-15-25-24-14-12-23(37)21-22(24)11-13-26(25)30(34)17-20-35(34,38)19-16-28-27-7-3-5-9-31(27)36-33(28)29-8-4-6-10-32(29)39-2/h3-10,12,14,21,25-26,30,36-38H,11,13,15,17-18,20H2,1-2H3/t25-,26-,30+,34+,35+/m1/s1. The first-order valence-corrected chi connectivity index (χ1v) is 14.2. The SMILES string of the molecule is COc1ccccc1-c1[nH]c2ccccc2c1C#C[C@]1(O)CC[C@H]2[C@@H]3CCc4cc(O)ccc4[C@H]3CC[C@@]21C. The lowest BCUT2D eigenvalue weighted by atomic mass is 9.53. The summed E-state index contributed by atoms with van der Waals surface area (Å²) in [5.41, 5.74) is 5.27. The van der Waals surface area contributed by atoms with Crippen LogP contribution in [-0.2, 0) is 6.42 Å². The molecule has 3 aliphatic rings. The summed E-state index contributed by atoms with van der Waals surface area (Å²) in [5, 5.41) is 23.3. The van der Waals surface area contributed by atoms with E-state index in [2.05, 4.69) is 48.0 Å². The summed E-state index contributed by atoms with van der Waals surface area (Å²) in [5.74, 6) is 9.63. The highest BCUT2D eigenvalue weighted by atomic mass is 16.5. The second kappa shape index (κ2) is 8.93. The number of fused-ring (bicyclic) bond motifs is 6. The molecule has 3 aromatic carbocycles. The Kier molecular flexibility index (Phi) is 5.58. The van der Waals surface area contributed by atoms with Crippen LogP contribution in [0.15, 0.2) is 66.7 Å². The molecule has 4 nitrogen and oxygen atoms in total. The number of rotatable bonds is 2. The van der Waals surface area contributed by atoms with Crippen LogP contribution in [0.4, 0.5) is 0 Å². The average Bonchev–Trinajstić information content (AvgIpc) is 3.46. The molecule has 198 valence electrons. The molecule has 1 heterocycles. The van der Waals surface area contributed by atoms with E-state index in [9.17, 15) is 10.2 Å². The third kappa shape index (κ3) is 3.63. The fourth-order valence-corrected chi connectivity index (χ4v) is 8.28. The monoisotopic (exact) mass is 517 g/mol. The van der Waals surface area contributed by atoms with Crippen molar-refractivity contribution in [2.75, 3.05) is 7.11 Å². The number of aromatic nitrogens is 1. The third-order valence-electron chi connectivity index (χ3n) is 10.3. The molecule has 0 unspecified atom stereocenters. The number of phenols is 1. The molecule has 3 aliphatic carbocycles. The molecular formula is C35H35NO3. The molecule has 7 rings (SSSR count). The Morgan fingerprint density at radius 3 is 2.67 bits per heavy atom. The zero-order valence-corrected chi connectivity index (χ0v) is 22.6. The van der Waals surface area contributed by atoms with Gasteiger partial charge in [0.25, 0.3) is 0 Å². The van der Waals surface area contributed by atoms with E-state index in [4.69, 9.17) is 4.74 Å². The summed E-state index contributed by atoms with van der Waals surface area (Å²) in [4.78, 5) is 3.58. The Bertz CT molecular complexity index is 1640. The van der Waals surface area contributed by atoms with Gasteiger partial charge in [0.2, 0.25) is 0 Å². The highest BCUT2D eigenvalue weighted by molar-refractivity contribution is 5.95. The first-order chi connectivity index (χ1) is 18.9. The molecule has 5 atom stereocenters. The number of aryl methyl sites for hydroxylation is 1. The molecule has 3 N–H and O–H groups in total. The number of ether oxygens (including phenoxy) is 1. The van der Waals surface area contributed by atoms with E-state index in [1.54, 1.807) is 7.11 Å². The Morgan fingerprint density at radius 2 is 1.79 bits per heavy atom. The third-order valence-corrected chi connectivity index (χ3v) is 10.3. The normalized spacial score (nSPS) is 29.2. The molecule has 2 fully saturated rings. The van der Waals surface area contributed by atoms with Gasteiger partial charge in [-0.2, -0.15) is 0 Å². The van der Waals surface area contributed by atoms with Crippen LogP contribution in [-0.4, -0.2) is 27.9 Å². The van der Waals surface area contributed by atoms with E-state index >= 15 is 0 Å². The number of H-pyrrole nitrogens is 1. The van der Waals surface area contributed by atoms with E-state index < -0.39 is 5.60 Å². The summed E-state index contributed by atoms with van der Waals surface area (Å²) in [6, 6.07) is 22.2.